The normalized spacial score (nSPS) is 18.0. The summed E-state index contributed by atoms with van der Waals surface area (Å²) in [6, 6.07) is 13.7. The molecule has 188 valence electrons. The molecular weight excluding hydrogens is 478 g/mol. The Morgan fingerprint density at radius 1 is 1.06 bits per heavy atom. The van der Waals surface area contributed by atoms with E-state index in [0.717, 1.165) is 6.42 Å². The average molecular weight is 508 g/mol. The first-order valence-electron chi connectivity index (χ1n) is 12.1. The van der Waals surface area contributed by atoms with Crippen molar-refractivity contribution in [3.8, 4) is 0 Å². The van der Waals surface area contributed by atoms with Crippen LogP contribution >= 0.6 is 0 Å². The van der Waals surface area contributed by atoms with Crippen LogP contribution in [0.25, 0.3) is 17.7 Å². The zero-order valence-corrected chi connectivity index (χ0v) is 21.0. The fourth-order valence-electron chi connectivity index (χ4n) is 4.86. The van der Waals surface area contributed by atoms with E-state index in [4.69, 9.17) is 8.94 Å². The average Bonchev–Trinajstić information content (AvgIpc) is 3.57. The van der Waals surface area contributed by atoms with Gasteiger partial charge in [0.1, 0.15) is 11.5 Å². The van der Waals surface area contributed by atoms with Gasteiger partial charge in [-0.1, -0.05) is 41.6 Å². The molecule has 9 heteroatoms. The van der Waals surface area contributed by atoms with E-state index in [9.17, 15) is 13.2 Å². The van der Waals surface area contributed by atoms with E-state index in [1.165, 1.54) is 21.7 Å². The van der Waals surface area contributed by atoms with Crippen molar-refractivity contribution in [3.63, 3.8) is 0 Å². The summed E-state index contributed by atoms with van der Waals surface area (Å²) in [5, 5.41) is 3.88. The number of benzene rings is 1. The molecule has 36 heavy (non-hydrogen) atoms. The molecule has 8 nitrogen and oxygen atoms in total. The Bertz CT molecular complexity index is 1370. The molecule has 2 aliphatic rings. The lowest BCUT2D eigenvalue weighted by molar-refractivity contribution is -0.136. The number of rotatable bonds is 6. The van der Waals surface area contributed by atoms with Crippen LogP contribution in [0.1, 0.15) is 42.0 Å². The predicted octanol–water partition coefficient (Wildman–Crippen LogP) is 4.46. The summed E-state index contributed by atoms with van der Waals surface area (Å²) in [6.45, 7) is 3.45. The van der Waals surface area contributed by atoms with Gasteiger partial charge in [-0.25, -0.2) is 8.42 Å². The molecule has 2 aliphatic heterocycles. The van der Waals surface area contributed by atoms with E-state index >= 15 is 0 Å². The molecule has 0 bridgehead atoms. The fourth-order valence-corrected chi connectivity index (χ4v) is 6.58. The standard InChI is InChI=1S/C27H29N3O5S/c1-20-26(25(35-28-20)10-9-24-8-5-19-34-24)36(32,33)30-17-13-23(14-18-30)27(31)29-15-11-22(12-16-29)21-6-3-2-4-7-21/h2-11,19,23H,12-18H2,1H3/b10-9+. The number of hydrogen-bond acceptors (Lipinski definition) is 6. The third-order valence-corrected chi connectivity index (χ3v) is 8.90. The van der Waals surface area contributed by atoms with Crippen molar-refractivity contribution in [3.05, 3.63) is 77.6 Å². The van der Waals surface area contributed by atoms with E-state index in [2.05, 4.69) is 23.4 Å². The minimum Gasteiger partial charge on any atom is -0.465 e. The highest BCUT2D eigenvalue weighted by Gasteiger charge is 2.37. The van der Waals surface area contributed by atoms with Crippen molar-refractivity contribution in [2.45, 2.75) is 31.1 Å². The lowest BCUT2D eigenvalue weighted by Gasteiger charge is -2.34. The number of amides is 1. The molecule has 0 unspecified atom stereocenters. The summed E-state index contributed by atoms with van der Waals surface area (Å²) < 4.78 is 38.9. The maximum atomic E-state index is 13.5. The largest absolute Gasteiger partial charge is 0.465 e. The summed E-state index contributed by atoms with van der Waals surface area (Å²) >= 11 is 0. The predicted molar refractivity (Wildman–Crippen MR) is 136 cm³/mol. The Kier molecular flexibility index (Phi) is 6.93. The Balaban J connectivity index is 1.22. The van der Waals surface area contributed by atoms with Gasteiger partial charge in [-0.15, -0.1) is 0 Å². The molecule has 0 N–H and O–H groups in total. The number of furan rings is 1. The van der Waals surface area contributed by atoms with Crippen LogP contribution in [0.15, 0.2) is 68.6 Å². The van der Waals surface area contributed by atoms with Gasteiger partial charge in [0.2, 0.25) is 15.9 Å². The SMILES string of the molecule is Cc1noc(/C=C/c2ccco2)c1S(=O)(=O)N1CCC(C(=O)N2CC=C(c3ccccc3)CC2)CC1. The maximum absolute atomic E-state index is 13.5. The van der Waals surface area contributed by atoms with Gasteiger partial charge >= 0.3 is 0 Å². The number of aryl methyl sites for hydroxylation is 1. The second-order valence-electron chi connectivity index (χ2n) is 9.12. The molecule has 2 aromatic heterocycles. The van der Waals surface area contributed by atoms with Crippen LogP contribution in [0.4, 0.5) is 0 Å². The second-order valence-corrected chi connectivity index (χ2v) is 11.0. The number of carbonyl (C=O) groups excluding carboxylic acids is 1. The van der Waals surface area contributed by atoms with Crippen LogP contribution in [0.5, 0.6) is 0 Å². The molecule has 0 aliphatic carbocycles. The van der Waals surface area contributed by atoms with Crippen LogP contribution in [-0.2, 0) is 14.8 Å². The van der Waals surface area contributed by atoms with Crippen LogP contribution in [0.3, 0.4) is 0 Å². The van der Waals surface area contributed by atoms with E-state index < -0.39 is 10.0 Å². The lowest BCUT2D eigenvalue weighted by Crippen LogP contribution is -2.45. The number of hydrogen-bond donors (Lipinski definition) is 0. The minimum absolute atomic E-state index is 0.0599. The van der Waals surface area contributed by atoms with Crippen LogP contribution in [-0.4, -0.2) is 54.9 Å². The Labute approximate surface area is 210 Å². The van der Waals surface area contributed by atoms with E-state index in [1.54, 1.807) is 31.2 Å². The zero-order chi connectivity index (χ0) is 25.1. The van der Waals surface area contributed by atoms with Crippen molar-refractivity contribution in [2.75, 3.05) is 26.2 Å². The summed E-state index contributed by atoms with van der Waals surface area (Å²) in [6.07, 6.45) is 8.66. The quantitative estimate of drug-likeness (QED) is 0.489. The van der Waals surface area contributed by atoms with Crippen molar-refractivity contribution < 1.29 is 22.2 Å². The van der Waals surface area contributed by atoms with Crippen molar-refractivity contribution >= 4 is 33.7 Å². The first-order chi connectivity index (χ1) is 17.4. The van der Waals surface area contributed by atoms with Crippen molar-refractivity contribution in [2.24, 2.45) is 5.92 Å². The molecule has 1 amide bonds. The second kappa shape index (κ2) is 10.3. The molecular formula is C27H29N3O5S. The number of aromatic nitrogens is 1. The highest BCUT2D eigenvalue weighted by molar-refractivity contribution is 7.89. The molecule has 0 atom stereocenters. The molecule has 1 aromatic carbocycles. The van der Waals surface area contributed by atoms with Crippen LogP contribution in [0.2, 0.25) is 0 Å². The van der Waals surface area contributed by atoms with Crippen molar-refractivity contribution in [1.82, 2.24) is 14.4 Å². The molecule has 3 aromatic rings. The molecule has 5 rings (SSSR count). The summed E-state index contributed by atoms with van der Waals surface area (Å²) in [5.41, 5.74) is 2.77. The Morgan fingerprint density at radius 2 is 1.83 bits per heavy atom. The highest BCUT2D eigenvalue weighted by Crippen LogP contribution is 2.31. The molecule has 1 fully saturated rings. The third kappa shape index (κ3) is 4.94. The van der Waals surface area contributed by atoms with Gasteiger partial charge in [0.25, 0.3) is 0 Å². The maximum Gasteiger partial charge on any atom is 0.248 e. The van der Waals surface area contributed by atoms with Gasteiger partial charge < -0.3 is 13.8 Å². The van der Waals surface area contributed by atoms with E-state index in [-0.39, 0.29) is 35.6 Å². The first-order valence-corrected chi connectivity index (χ1v) is 13.6. The number of carbonyl (C=O) groups is 1. The van der Waals surface area contributed by atoms with Gasteiger partial charge in [-0.05, 0) is 61.6 Å². The van der Waals surface area contributed by atoms with Crippen LogP contribution < -0.4 is 0 Å². The van der Waals surface area contributed by atoms with Gasteiger partial charge in [-0.3, -0.25) is 4.79 Å². The topological polar surface area (TPSA) is 96.9 Å². The minimum atomic E-state index is -3.82. The summed E-state index contributed by atoms with van der Waals surface area (Å²) in [5.74, 6) is 0.676. The Hall–Kier alpha value is -3.43. The van der Waals surface area contributed by atoms with Gasteiger partial charge in [0.15, 0.2) is 10.7 Å². The summed E-state index contributed by atoms with van der Waals surface area (Å²) in [7, 11) is -3.82. The van der Waals surface area contributed by atoms with Crippen molar-refractivity contribution in [1.29, 1.82) is 0 Å². The molecule has 0 saturated carbocycles. The summed E-state index contributed by atoms with van der Waals surface area (Å²) in [4.78, 5) is 15.1. The first kappa shape index (κ1) is 24.3. The molecule has 0 spiro atoms. The van der Waals surface area contributed by atoms with Crippen LogP contribution in [0, 0.1) is 12.8 Å². The third-order valence-electron chi connectivity index (χ3n) is 6.84. The smallest absolute Gasteiger partial charge is 0.248 e. The highest BCUT2D eigenvalue weighted by atomic mass is 32.2. The van der Waals surface area contributed by atoms with E-state index in [1.807, 2.05) is 23.1 Å². The number of nitrogens with zero attached hydrogens (tertiary/aromatic N) is 3. The molecule has 0 radical (unpaired) electrons. The number of sulfonamides is 1. The monoisotopic (exact) mass is 507 g/mol. The molecule has 1 saturated heterocycles. The number of piperidine rings is 1. The lowest BCUT2D eigenvalue weighted by atomic mass is 9.94. The Morgan fingerprint density at radius 3 is 2.50 bits per heavy atom. The van der Waals surface area contributed by atoms with Gasteiger partial charge in [-0.2, -0.15) is 4.31 Å². The zero-order valence-electron chi connectivity index (χ0n) is 20.2. The fraction of sp³-hybridized carbons (Fsp3) is 0.333. The van der Waals surface area contributed by atoms with Gasteiger partial charge in [0, 0.05) is 32.1 Å². The van der Waals surface area contributed by atoms with Gasteiger partial charge in [0.05, 0.1) is 6.26 Å². The molecule has 4 heterocycles. The van der Waals surface area contributed by atoms with E-state index in [0.29, 0.717) is 37.4 Å².